The van der Waals surface area contributed by atoms with E-state index in [9.17, 15) is 0 Å². The molecule has 1 aromatic rings. The van der Waals surface area contributed by atoms with Gasteiger partial charge in [0.25, 0.3) is 0 Å². The summed E-state index contributed by atoms with van der Waals surface area (Å²) >= 11 is 0. The maximum Gasteiger partial charge on any atom is 0.147 e. The first-order valence-electron chi connectivity index (χ1n) is 5.21. The molecule has 0 saturated heterocycles. The smallest absolute Gasteiger partial charge is 0.147 e. The Labute approximate surface area is 89.8 Å². The number of nitrogens with zero attached hydrogens (tertiary/aromatic N) is 3. The number of nitrogens with two attached hydrogens (primary N) is 1. The number of hydrogen-bond acceptors (Lipinski definition) is 4. The molecule has 4 heteroatoms. The van der Waals surface area contributed by atoms with Crippen molar-refractivity contribution in [3.63, 3.8) is 0 Å². The third kappa shape index (κ3) is 2.33. The summed E-state index contributed by atoms with van der Waals surface area (Å²) in [6, 6.07) is 0. The zero-order valence-electron chi connectivity index (χ0n) is 8.98. The summed E-state index contributed by atoms with van der Waals surface area (Å²) in [4.78, 5) is 10.9. The number of aromatic nitrogens is 2. The van der Waals surface area contributed by atoms with Crippen LogP contribution in [0.3, 0.4) is 0 Å². The van der Waals surface area contributed by atoms with Crippen LogP contribution >= 0.6 is 0 Å². The summed E-state index contributed by atoms with van der Waals surface area (Å²) in [5.41, 5.74) is 7.71. The summed E-state index contributed by atoms with van der Waals surface area (Å²) in [5.74, 6) is 0.944. The highest BCUT2D eigenvalue weighted by Gasteiger charge is 2.11. The zero-order valence-corrected chi connectivity index (χ0v) is 8.98. The molecule has 0 amide bonds. The Kier molecular flexibility index (Phi) is 2.97. The SMILES string of the molecule is CC1=CCCN(c2cnc(CN)cn2)C1. The van der Waals surface area contributed by atoms with E-state index in [-0.39, 0.29) is 0 Å². The van der Waals surface area contributed by atoms with Gasteiger partial charge < -0.3 is 10.6 Å². The molecule has 0 spiro atoms. The Balaban J connectivity index is 2.12. The molecule has 0 aliphatic carbocycles. The molecule has 1 aliphatic rings. The van der Waals surface area contributed by atoms with Gasteiger partial charge in [-0.05, 0) is 13.3 Å². The van der Waals surface area contributed by atoms with Crippen LogP contribution in [0.25, 0.3) is 0 Å². The second kappa shape index (κ2) is 4.40. The molecule has 2 N–H and O–H groups in total. The minimum Gasteiger partial charge on any atom is -0.351 e. The van der Waals surface area contributed by atoms with E-state index >= 15 is 0 Å². The van der Waals surface area contributed by atoms with E-state index in [1.807, 2.05) is 0 Å². The molecule has 0 fully saturated rings. The molecule has 0 saturated carbocycles. The molecule has 0 bridgehead atoms. The van der Waals surface area contributed by atoms with Crippen LogP contribution in [0.4, 0.5) is 5.82 Å². The van der Waals surface area contributed by atoms with Gasteiger partial charge in [-0.15, -0.1) is 0 Å². The second-order valence-electron chi connectivity index (χ2n) is 3.83. The van der Waals surface area contributed by atoms with Gasteiger partial charge in [0, 0.05) is 19.6 Å². The first-order valence-corrected chi connectivity index (χ1v) is 5.21. The van der Waals surface area contributed by atoms with Crippen LogP contribution in [0.2, 0.25) is 0 Å². The molecule has 4 nitrogen and oxygen atoms in total. The van der Waals surface area contributed by atoms with E-state index in [0.29, 0.717) is 6.54 Å². The monoisotopic (exact) mass is 204 g/mol. The van der Waals surface area contributed by atoms with Gasteiger partial charge in [0.2, 0.25) is 0 Å². The van der Waals surface area contributed by atoms with Crippen LogP contribution in [0.15, 0.2) is 24.0 Å². The van der Waals surface area contributed by atoms with Gasteiger partial charge in [0.15, 0.2) is 0 Å². The maximum absolute atomic E-state index is 5.48. The van der Waals surface area contributed by atoms with Crippen LogP contribution in [0.5, 0.6) is 0 Å². The molecular formula is C11H16N4. The van der Waals surface area contributed by atoms with Gasteiger partial charge in [-0.1, -0.05) is 11.6 Å². The lowest BCUT2D eigenvalue weighted by molar-refractivity contribution is 0.771. The maximum atomic E-state index is 5.48. The fraction of sp³-hybridized carbons (Fsp3) is 0.455. The summed E-state index contributed by atoms with van der Waals surface area (Å²) < 4.78 is 0. The lowest BCUT2D eigenvalue weighted by atomic mass is 10.1. The van der Waals surface area contributed by atoms with Crippen LogP contribution in [-0.4, -0.2) is 23.1 Å². The fourth-order valence-corrected chi connectivity index (χ4v) is 1.72. The predicted molar refractivity (Wildman–Crippen MR) is 60.5 cm³/mol. The Bertz CT molecular complexity index is 355. The molecule has 1 aromatic heterocycles. The molecule has 1 aliphatic heterocycles. The van der Waals surface area contributed by atoms with Gasteiger partial charge in [0.05, 0.1) is 18.1 Å². The molecule has 80 valence electrons. The Morgan fingerprint density at radius 1 is 1.40 bits per heavy atom. The van der Waals surface area contributed by atoms with Crippen LogP contribution < -0.4 is 10.6 Å². The van der Waals surface area contributed by atoms with Crippen molar-refractivity contribution in [2.75, 3.05) is 18.0 Å². The largest absolute Gasteiger partial charge is 0.351 e. The minimum absolute atomic E-state index is 0.451. The third-order valence-electron chi connectivity index (χ3n) is 2.56. The standard InChI is InChI=1S/C11H16N4/c1-9-3-2-4-15(8-9)11-7-13-10(5-12)6-14-11/h3,6-7H,2,4-5,8,12H2,1H3. The van der Waals surface area contributed by atoms with Crippen LogP contribution in [0, 0.1) is 0 Å². The first kappa shape index (κ1) is 10.1. The first-order chi connectivity index (χ1) is 7.29. The highest BCUT2D eigenvalue weighted by atomic mass is 15.2. The van der Waals surface area contributed by atoms with Crippen molar-refractivity contribution in [3.8, 4) is 0 Å². The molecule has 2 rings (SSSR count). The summed E-state index contributed by atoms with van der Waals surface area (Å²) in [6.07, 6.45) is 6.92. The molecule has 0 radical (unpaired) electrons. The normalized spacial score (nSPS) is 16.4. The highest BCUT2D eigenvalue weighted by Crippen LogP contribution is 2.15. The Hall–Kier alpha value is -1.42. The fourth-order valence-electron chi connectivity index (χ4n) is 1.72. The highest BCUT2D eigenvalue weighted by molar-refractivity contribution is 5.39. The van der Waals surface area contributed by atoms with Crippen molar-refractivity contribution in [2.45, 2.75) is 19.9 Å². The summed E-state index contributed by atoms with van der Waals surface area (Å²) in [7, 11) is 0. The van der Waals surface area contributed by atoms with Crippen LogP contribution in [0.1, 0.15) is 19.0 Å². The van der Waals surface area contributed by atoms with Gasteiger partial charge in [-0.2, -0.15) is 0 Å². The van der Waals surface area contributed by atoms with Gasteiger partial charge in [0.1, 0.15) is 5.82 Å². The Morgan fingerprint density at radius 3 is 2.87 bits per heavy atom. The lowest BCUT2D eigenvalue weighted by Gasteiger charge is -2.26. The second-order valence-corrected chi connectivity index (χ2v) is 3.83. The minimum atomic E-state index is 0.451. The van der Waals surface area contributed by atoms with E-state index in [2.05, 4.69) is 27.9 Å². The molecular weight excluding hydrogens is 188 g/mol. The Morgan fingerprint density at radius 2 is 2.27 bits per heavy atom. The van der Waals surface area contributed by atoms with Crippen molar-refractivity contribution in [1.82, 2.24) is 9.97 Å². The quantitative estimate of drug-likeness (QED) is 0.733. The van der Waals surface area contributed by atoms with Gasteiger partial charge >= 0.3 is 0 Å². The number of hydrogen-bond donors (Lipinski definition) is 1. The molecule has 2 heterocycles. The van der Waals surface area contributed by atoms with Crippen molar-refractivity contribution < 1.29 is 0 Å². The van der Waals surface area contributed by atoms with E-state index in [0.717, 1.165) is 31.0 Å². The molecule has 0 unspecified atom stereocenters. The van der Waals surface area contributed by atoms with Crippen molar-refractivity contribution in [3.05, 3.63) is 29.7 Å². The van der Waals surface area contributed by atoms with E-state index < -0.39 is 0 Å². The summed E-state index contributed by atoms with van der Waals surface area (Å²) in [6.45, 7) is 4.57. The lowest BCUT2D eigenvalue weighted by Crippen LogP contribution is -2.30. The molecule has 0 atom stereocenters. The van der Waals surface area contributed by atoms with Crippen molar-refractivity contribution in [1.29, 1.82) is 0 Å². The third-order valence-corrected chi connectivity index (χ3v) is 2.56. The summed E-state index contributed by atoms with van der Waals surface area (Å²) in [5, 5.41) is 0. The van der Waals surface area contributed by atoms with Gasteiger partial charge in [-0.25, -0.2) is 4.98 Å². The van der Waals surface area contributed by atoms with Crippen LogP contribution in [-0.2, 0) is 6.54 Å². The van der Waals surface area contributed by atoms with Crippen molar-refractivity contribution >= 4 is 5.82 Å². The van der Waals surface area contributed by atoms with Gasteiger partial charge in [-0.3, -0.25) is 4.98 Å². The van der Waals surface area contributed by atoms with E-state index in [4.69, 9.17) is 5.73 Å². The van der Waals surface area contributed by atoms with E-state index in [1.54, 1.807) is 12.4 Å². The average molecular weight is 204 g/mol. The van der Waals surface area contributed by atoms with Crippen molar-refractivity contribution in [2.24, 2.45) is 5.73 Å². The molecule has 15 heavy (non-hydrogen) atoms. The average Bonchev–Trinajstić information content (AvgIpc) is 2.29. The predicted octanol–water partition coefficient (Wildman–Crippen LogP) is 1.09. The molecule has 0 aromatic carbocycles. The number of rotatable bonds is 2. The topological polar surface area (TPSA) is 55.0 Å². The zero-order chi connectivity index (χ0) is 10.7. The van der Waals surface area contributed by atoms with E-state index in [1.165, 1.54) is 5.57 Å². The number of anilines is 1.